The molecule has 7 heteroatoms. The summed E-state index contributed by atoms with van der Waals surface area (Å²) >= 11 is 1.49. The van der Waals surface area contributed by atoms with E-state index in [0.717, 1.165) is 29.8 Å². The van der Waals surface area contributed by atoms with Crippen molar-refractivity contribution in [3.8, 4) is 0 Å². The maximum absolute atomic E-state index is 12.1. The lowest BCUT2D eigenvalue weighted by molar-refractivity contribution is 0.112. The van der Waals surface area contributed by atoms with Crippen LogP contribution in [0.1, 0.15) is 29.6 Å². The zero-order valence-corrected chi connectivity index (χ0v) is 14.3. The molecule has 1 aliphatic heterocycles. The highest BCUT2D eigenvalue weighted by molar-refractivity contribution is 7.15. The summed E-state index contributed by atoms with van der Waals surface area (Å²) in [6.45, 7) is 3.32. The van der Waals surface area contributed by atoms with Gasteiger partial charge in [0.2, 0.25) is 0 Å². The molecule has 0 bridgehead atoms. The van der Waals surface area contributed by atoms with Crippen LogP contribution in [0.2, 0.25) is 0 Å². The van der Waals surface area contributed by atoms with Crippen molar-refractivity contribution in [2.75, 3.05) is 11.9 Å². The fourth-order valence-electron chi connectivity index (χ4n) is 2.63. The third kappa shape index (κ3) is 4.11. The Labute approximate surface area is 139 Å². The van der Waals surface area contributed by atoms with Crippen LogP contribution in [0.15, 0.2) is 18.3 Å². The SMILES string of the molecule is CC(CCc1cccn1C)NC(=O)Nc1nc2c(s1)COCC2. The molecule has 2 aromatic rings. The zero-order chi connectivity index (χ0) is 16.2. The molecule has 2 aromatic heterocycles. The van der Waals surface area contributed by atoms with Gasteiger partial charge in [0.15, 0.2) is 5.13 Å². The van der Waals surface area contributed by atoms with E-state index in [9.17, 15) is 4.79 Å². The summed E-state index contributed by atoms with van der Waals surface area (Å²) in [5.74, 6) is 0. The van der Waals surface area contributed by atoms with E-state index >= 15 is 0 Å². The lowest BCUT2D eigenvalue weighted by atomic mass is 10.1. The Bertz CT molecular complexity index is 656. The van der Waals surface area contributed by atoms with Crippen molar-refractivity contribution in [1.29, 1.82) is 0 Å². The highest BCUT2D eigenvalue weighted by Crippen LogP contribution is 2.26. The summed E-state index contributed by atoms with van der Waals surface area (Å²) < 4.78 is 7.50. The smallest absolute Gasteiger partial charge is 0.321 e. The predicted octanol–water partition coefficient (Wildman–Crippen LogP) is 2.70. The number of aromatic nitrogens is 2. The Morgan fingerprint density at radius 3 is 3.17 bits per heavy atom. The monoisotopic (exact) mass is 334 g/mol. The van der Waals surface area contributed by atoms with Gasteiger partial charge in [0.05, 0.1) is 23.8 Å². The van der Waals surface area contributed by atoms with Crippen LogP contribution < -0.4 is 10.6 Å². The van der Waals surface area contributed by atoms with Crippen molar-refractivity contribution in [2.45, 2.75) is 38.8 Å². The quantitative estimate of drug-likeness (QED) is 0.883. The van der Waals surface area contributed by atoms with E-state index in [1.165, 1.54) is 17.0 Å². The number of carbonyl (C=O) groups excluding carboxylic acids is 1. The predicted molar refractivity (Wildman–Crippen MR) is 90.8 cm³/mol. The first-order valence-electron chi connectivity index (χ1n) is 7.86. The van der Waals surface area contributed by atoms with Crippen molar-refractivity contribution < 1.29 is 9.53 Å². The molecule has 0 radical (unpaired) electrons. The molecule has 2 amide bonds. The van der Waals surface area contributed by atoms with Crippen LogP contribution in [0.5, 0.6) is 0 Å². The van der Waals surface area contributed by atoms with E-state index in [1.807, 2.05) is 26.2 Å². The fraction of sp³-hybridized carbons (Fsp3) is 0.500. The molecule has 1 atom stereocenters. The van der Waals surface area contributed by atoms with E-state index in [4.69, 9.17) is 4.74 Å². The van der Waals surface area contributed by atoms with Crippen molar-refractivity contribution in [2.24, 2.45) is 7.05 Å². The molecule has 0 saturated heterocycles. The molecule has 0 aromatic carbocycles. The zero-order valence-electron chi connectivity index (χ0n) is 13.5. The third-order valence-corrected chi connectivity index (χ3v) is 4.96. The molecule has 0 fully saturated rings. The number of nitrogens with one attached hydrogen (secondary N) is 2. The maximum Gasteiger partial charge on any atom is 0.321 e. The van der Waals surface area contributed by atoms with Gasteiger partial charge < -0.3 is 14.6 Å². The average molecular weight is 334 g/mol. The van der Waals surface area contributed by atoms with E-state index in [-0.39, 0.29) is 12.1 Å². The highest BCUT2D eigenvalue weighted by atomic mass is 32.1. The molecule has 6 nitrogen and oxygen atoms in total. The Morgan fingerprint density at radius 2 is 2.43 bits per heavy atom. The minimum absolute atomic E-state index is 0.0998. The molecular formula is C16H22N4O2S. The molecule has 0 saturated carbocycles. The summed E-state index contributed by atoms with van der Waals surface area (Å²) in [5, 5.41) is 6.44. The highest BCUT2D eigenvalue weighted by Gasteiger charge is 2.17. The summed E-state index contributed by atoms with van der Waals surface area (Å²) in [4.78, 5) is 17.6. The van der Waals surface area contributed by atoms with Gasteiger partial charge in [0.25, 0.3) is 0 Å². The number of hydrogen-bond donors (Lipinski definition) is 2. The molecule has 124 valence electrons. The van der Waals surface area contributed by atoms with E-state index in [1.54, 1.807) is 0 Å². The summed E-state index contributed by atoms with van der Waals surface area (Å²) in [5.41, 5.74) is 2.32. The molecule has 1 aliphatic rings. The number of carbonyl (C=O) groups is 1. The normalized spacial score (nSPS) is 15.0. The molecule has 0 aliphatic carbocycles. The number of nitrogens with zero attached hydrogens (tertiary/aromatic N) is 2. The summed E-state index contributed by atoms with van der Waals surface area (Å²) in [7, 11) is 2.04. The van der Waals surface area contributed by atoms with Gasteiger partial charge in [-0.15, -0.1) is 0 Å². The molecule has 0 spiro atoms. The van der Waals surface area contributed by atoms with Gasteiger partial charge in [0.1, 0.15) is 0 Å². The number of aryl methyl sites for hydroxylation is 2. The number of anilines is 1. The van der Waals surface area contributed by atoms with Crippen molar-refractivity contribution >= 4 is 22.5 Å². The van der Waals surface area contributed by atoms with Crippen molar-refractivity contribution in [3.05, 3.63) is 34.6 Å². The number of hydrogen-bond acceptors (Lipinski definition) is 4. The third-order valence-electron chi connectivity index (χ3n) is 3.98. The van der Waals surface area contributed by atoms with Crippen molar-refractivity contribution in [1.82, 2.24) is 14.9 Å². The van der Waals surface area contributed by atoms with Gasteiger partial charge in [0, 0.05) is 31.4 Å². The van der Waals surface area contributed by atoms with Gasteiger partial charge >= 0.3 is 6.03 Å². The Hall–Kier alpha value is -1.86. The largest absolute Gasteiger partial charge is 0.375 e. The summed E-state index contributed by atoms with van der Waals surface area (Å²) in [6.07, 6.45) is 4.69. The molecular weight excluding hydrogens is 312 g/mol. The molecule has 2 N–H and O–H groups in total. The first-order chi connectivity index (χ1) is 11.1. The number of urea groups is 1. The molecule has 3 rings (SSSR count). The first kappa shape index (κ1) is 16.0. The van der Waals surface area contributed by atoms with Gasteiger partial charge in [-0.3, -0.25) is 5.32 Å². The lowest BCUT2D eigenvalue weighted by Gasteiger charge is -2.14. The number of rotatable bonds is 5. The van der Waals surface area contributed by atoms with E-state index < -0.39 is 0 Å². The molecule has 23 heavy (non-hydrogen) atoms. The number of ether oxygens (including phenoxy) is 1. The van der Waals surface area contributed by atoms with Gasteiger partial charge in [-0.25, -0.2) is 9.78 Å². The standard InChI is InChI=1S/C16H22N4O2S/c1-11(5-6-12-4-3-8-20(12)2)17-15(21)19-16-18-13-7-9-22-10-14(13)23-16/h3-4,8,11H,5-7,9-10H2,1-2H3,(H2,17,18,19,21). The summed E-state index contributed by atoms with van der Waals surface area (Å²) in [6, 6.07) is 4.04. The second-order valence-electron chi connectivity index (χ2n) is 5.84. The van der Waals surface area contributed by atoms with Crippen LogP contribution in [0.4, 0.5) is 9.93 Å². The van der Waals surface area contributed by atoms with Crippen LogP contribution in [0.25, 0.3) is 0 Å². The molecule has 1 unspecified atom stereocenters. The Morgan fingerprint density at radius 1 is 1.57 bits per heavy atom. The van der Waals surface area contributed by atoms with E-state index in [0.29, 0.717) is 18.3 Å². The van der Waals surface area contributed by atoms with Crippen LogP contribution >= 0.6 is 11.3 Å². The van der Waals surface area contributed by atoms with Crippen molar-refractivity contribution in [3.63, 3.8) is 0 Å². The average Bonchev–Trinajstić information content (AvgIpc) is 3.10. The van der Waals surface area contributed by atoms with E-state index in [2.05, 4.69) is 26.3 Å². The fourth-order valence-corrected chi connectivity index (χ4v) is 3.57. The van der Waals surface area contributed by atoms with Gasteiger partial charge in [-0.1, -0.05) is 11.3 Å². The van der Waals surface area contributed by atoms with Gasteiger partial charge in [-0.2, -0.15) is 0 Å². The van der Waals surface area contributed by atoms with Crippen LogP contribution in [-0.2, 0) is 31.2 Å². The first-order valence-corrected chi connectivity index (χ1v) is 8.67. The maximum atomic E-state index is 12.1. The number of amides is 2. The Balaban J connectivity index is 1.47. The second kappa shape index (κ2) is 7.14. The van der Waals surface area contributed by atoms with Crippen LogP contribution in [-0.4, -0.2) is 28.2 Å². The topological polar surface area (TPSA) is 68.2 Å². The minimum atomic E-state index is -0.198. The number of thiazole rings is 1. The van der Waals surface area contributed by atoms with Crippen LogP contribution in [0.3, 0.4) is 0 Å². The minimum Gasteiger partial charge on any atom is -0.375 e. The second-order valence-corrected chi connectivity index (χ2v) is 6.92. The Kier molecular flexibility index (Phi) is 4.97. The van der Waals surface area contributed by atoms with Gasteiger partial charge in [-0.05, 0) is 31.9 Å². The molecule has 3 heterocycles. The number of fused-ring (bicyclic) bond motifs is 1. The lowest BCUT2D eigenvalue weighted by Crippen LogP contribution is -2.36. The van der Waals surface area contributed by atoms with Crippen LogP contribution in [0, 0.1) is 0 Å².